The first-order valence-corrected chi connectivity index (χ1v) is 6.92. The Morgan fingerprint density at radius 3 is 2.22 bits per heavy atom. The lowest BCUT2D eigenvalue weighted by Crippen LogP contribution is -2.38. The van der Waals surface area contributed by atoms with E-state index in [2.05, 4.69) is 30.3 Å². The van der Waals surface area contributed by atoms with Crippen molar-refractivity contribution in [3.05, 3.63) is 35.9 Å². The van der Waals surface area contributed by atoms with E-state index in [9.17, 15) is 0 Å². The molecule has 0 radical (unpaired) electrons. The molecule has 1 aliphatic rings. The number of methoxy groups -OCH3 is 2. The van der Waals surface area contributed by atoms with Crippen molar-refractivity contribution in [1.82, 2.24) is 0 Å². The van der Waals surface area contributed by atoms with Crippen LogP contribution >= 0.6 is 0 Å². The molecule has 0 aliphatic heterocycles. The molecule has 0 heterocycles. The van der Waals surface area contributed by atoms with Gasteiger partial charge in [-0.1, -0.05) is 30.3 Å². The highest BCUT2D eigenvalue weighted by atomic mass is 16.7. The van der Waals surface area contributed by atoms with Gasteiger partial charge in [0.2, 0.25) is 0 Å². The Labute approximate surface area is 110 Å². The van der Waals surface area contributed by atoms with Gasteiger partial charge in [-0.15, -0.1) is 0 Å². The minimum atomic E-state index is -0.302. The fourth-order valence-corrected chi connectivity index (χ4v) is 2.91. The quantitative estimate of drug-likeness (QED) is 0.738. The third-order valence-electron chi connectivity index (χ3n) is 4.30. The minimum Gasteiger partial charge on any atom is -0.353 e. The maximum absolute atomic E-state index is 5.52. The molecule has 18 heavy (non-hydrogen) atoms. The molecular weight excluding hydrogens is 224 g/mol. The Kier molecular flexibility index (Phi) is 4.79. The van der Waals surface area contributed by atoms with E-state index in [-0.39, 0.29) is 5.79 Å². The number of hydrogen-bond donors (Lipinski definition) is 0. The summed E-state index contributed by atoms with van der Waals surface area (Å²) in [5.74, 6) is 0.520. The molecule has 0 spiro atoms. The molecule has 100 valence electrons. The molecule has 2 heteroatoms. The molecule has 2 nitrogen and oxygen atoms in total. The number of benzene rings is 1. The Morgan fingerprint density at radius 1 is 1.06 bits per heavy atom. The topological polar surface area (TPSA) is 18.5 Å². The van der Waals surface area contributed by atoms with Crippen LogP contribution in [0.1, 0.15) is 37.7 Å². The van der Waals surface area contributed by atoms with Crippen molar-refractivity contribution in [3.63, 3.8) is 0 Å². The van der Waals surface area contributed by atoms with E-state index in [0.717, 1.165) is 18.8 Å². The lowest BCUT2D eigenvalue weighted by atomic mass is 9.82. The molecule has 0 atom stereocenters. The van der Waals surface area contributed by atoms with Crippen molar-refractivity contribution in [2.75, 3.05) is 14.2 Å². The van der Waals surface area contributed by atoms with Gasteiger partial charge < -0.3 is 9.47 Å². The van der Waals surface area contributed by atoms with E-state index in [0.29, 0.717) is 0 Å². The first-order chi connectivity index (χ1) is 8.78. The van der Waals surface area contributed by atoms with Crippen LogP contribution in [-0.2, 0) is 15.9 Å². The molecule has 1 aromatic carbocycles. The predicted molar refractivity (Wildman–Crippen MR) is 73.5 cm³/mol. The Bertz CT molecular complexity index is 333. The zero-order valence-electron chi connectivity index (χ0n) is 11.5. The van der Waals surface area contributed by atoms with Crippen LogP contribution in [0.4, 0.5) is 0 Å². The second-order valence-corrected chi connectivity index (χ2v) is 5.29. The number of aryl methyl sites for hydroxylation is 1. The Hall–Kier alpha value is -0.860. The lowest BCUT2D eigenvalue weighted by molar-refractivity contribution is -0.227. The highest BCUT2D eigenvalue weighted by Crippen LogP contribution is 2.36. The summed E-state index contributed by atoms with van der Waals surface area (Å²) < 4.78 is 11.0. The summed E-state index contributed by atoms with van der Waals surface area (Å²) in [5, 5.41) is 0. The molecule has 0 bridgehead atoms. The summed E-state index contributed by atoms with van der Waals surface area (Å²) in [5.41, 5.74) is 1.45. The average Bonchev–Trinajstić information content (AvgIpc) is 2.47. The van der Waals surface area contributed by atoms with Crippen LogP contribution in [0.25, 0.3) is 0 Å². The van der Waals surface area contributed by atoms with Crippen LogP contribution in [0.3, 0.4) is 0 Å². The lowest BCUT2D eigenvalue weighted by Gasteiger charge is -2.37. The molecule has 0 unspecified atom stereocenters. The van der Waals surface area contributed by atoms with E-state index >= 15 is 0 Å². The van der Waals surface area contributed by atoms with Crippen LogP contribution in [0, 0.1) is 5.92 Å². The molecule has 2 rings (SSSR count). The van der Waals surface area contributed by atoms with E-state index in [1.54, 1.807) is 14.2 Å². The van der Waals surface area contributed by atoms with Gasteiger partial charge in [-0.25, -0.2) is 0 Å². The van der Waals surface area contributed by atoms with E-state index in [1.807, 2.05) is 0 Å². The fourth-order valence-electron chi connectivity index (χ4n) is 2.91. The van der Waals surface area contributed by atoms with E-state index < -0.39 is 0 Å². The molecule has 0 N–H and O–H groups in total. The van der Waals surface area contributed by atoms with Crippen LogP contribution in [-0.4, -0.2) is 20.0 Å². The highest BCUT2D eigenvalue weighted by molar-refractivity contribution is 5.14. The van der Waals surface area contributed by atoms with Crippen molar-refractivity contribution in [3.8, 4) is 0 Å². The van der Waals surface area contributed by atoms with E-state index in [4.69, 9.17) is 9.47 Å². The monoisotopic (exact) mass is 248 g/mol. The fraction of sp³-hybridized carbons (Fsp3) is 0.625. The third-order valence-corrected chi connectivity index (χ3v) is 4.30. The zero-order chi connectivity index (χ0) is 12.8. The van der Waals surface area contributed by atoms with Gasteiger partial charge in [-0.05, 0) is 37.2 Å². The number of hydrogen-bond acceptors (Lipinski definition) is 2. The molecule has 0 saturated heterocycles. The highest BCUT2D eigenvalue weighted by Gasteiger charge is 2.34. The van der Waals surface area contributed by atoms with Crippen molar-refractivity contribution in [1.29, 1.82) is 0 Å². The summed E-state index contributed by atoms with van der Waals surface area (Å²) in [6.07, 6.45) is 6.97. The molecule has 0 amide bonds. The smallest absolute Gasteiger partial charge is 0.167 e. The first-order valence-electron chi connectivity index (χ1n) is 6.92. The summed E-state index contributed by atoms with van der Waals surface area (Å²) in [6, 6.07) is 10.8. The van der Waals surface area contributed by atoms with Crippen molar-refractivity contribution < 1.29 is 9.47 Å². The standard InChI is InChI=1S/C16H24O2/c1-17-16(18-2)12-10-15(11-13-16)9-8-14-6-4-3-5-7-14/h3-7,15H,8-13H2,1-2H3. The molecule has 0 aromatic heterocycles. The van der Waals surface area contributed by atoms with Gasteiger partial charge in [0.25, 0.3) is 0 Å². The largest absolute Gasteiger partial charge is 0.353 e. The Balaban J connectivity index is 1.77. The van der Waals surface area contributed by atoms with Crippen LogP contribution in [0.15, 0.2) is 30.3 Å². The number of ether oxygens (including phenoxy) is 2. The average molecular weight is 248 g/mol. The van der Waals surface area contributed by atoms with Crippen LogP contribution in [0.2, 0.25) is 0 Å². The molecule has 1 aliphatic carbocycles. The van der Waals surface area contributed by atoms with Crippen LogP contribution < -0.4 is 0 Å². The molecular formula is C16H24O2. The predicted octanol–water partition coefficient (Wildman–Crippen LogP) is 3.80. The SMILES string of the molecule is COC1(OC)CCC(CCc2ccccc2)CC1. The molecule has 1 saturated carbocycles. The van der Waals surface area contributed by atoms with Gasteiger partial charge >= 0.3 is 0 Å². The molecule has 1 aromatic rings. The normalized spacial score (nSPS) is 19.9. The Morgan fingerprint density at radius 2 is 1.67 bits per heavy atom. The minimum absolute atomic E-state index is 0.302. The van der Waals surface area contributed by atoms with Crippen LogP contribution in [0.5, 0.6) is 0 Å². The van der Waals surface area contributed by atoms with Gasteiger partial charge in [0.1, 0.15) is 0 Å². The summed E-state index contributed by atoms with van der Waals surface area (Å²) in [6.45, 7) is 0. The maximum Gasteiger partial charge on any atom is 0.167 e. The van der Waals surface area contributed by atoms with Crippen molar-refractivity contribution >= 4 is 0 Å². The molecule has 1 fully saturated rings. The number of rotatable bonds is 5. The van der Waals surface area contributed by atoms with Gasteiger partial charge in [0, 0.05) is 27.1 Å². The van der Waals surface area contributed by atoms with Crippen molar-refractivity contribution in [2.45, 2.75) is 44.3 Å². The van der Waals surface area contributed by atoms with Gasteiger partial charge in [0.05, 0.1) is 0 Å². The van der Waals surface area contributed by atoms with Gasteiger partial charge in [-0.3, -0.25) is 0 Å². The maximum atomic E-state index is 5.52. The van der Waals surface area contributed by atoms with Gasteiger partial charge in [-0.2, -0.15) is 0 Å². The summed E-state index contributed by atoms with van der Waals surface area (Å²) in [7, 11) is 3.52. The van der Waals surface area contributed by atoms with Crippen molar-refractivity contribution in [2.24, 2.45) is 5.92 Å². The second-order valence-electron chi connectivity index (χ2n) is 5.29. The third kappa shape index (κ3) is 3.33. The van der Waals surface area contributed by atoms with Gasteiger partial charge in [0.15, 0.2) is 5.79 Å². The summed E-state index contributed by atoms with van der Waals surface area (Å²) in [4.78, 5) is 0. The zero-order valence-corrected chi connectivity index (χ0v) is 11.5. The van der Waals surface area contributed by atoms with E-state index in [1.165, 1.54) is 31.2 Å². The summed E-state index contributed by atoms with van der Waals surface area (Å²) >= 11 is 0. The first kappa shape index (κ1) is 13.6. The second kappa shape index (κ2) is 6.35.